The third kappa shape index (κ3) is 5.47. The van der Waals surface area contributed by atoms with Crippen molar-refractivity contribution in [1.29, 1.82) is 0 Å². The van der Waals surface area contributed by atoms with Crippen molar-refractivity contribution in [2.75, 3.05) is 33.3 Å². The zero-order valence-electron chi connectivity index (χ0n) is 10.5. The summed E-state index contributed by atoms with van der Waals surface area (Å²) in [4.78, 5) is 13.6. The molecule has 1 heterocycles. The molecule has 0 aliphatic carbocycles. The van der Waals surface area contributed by atoms with Crippen LogP contribution < -0.4 is 5.32 Å². The van der Waals surface area contributed by atoms with E-state index in [2.05, 4.69) is 24.2 Å². The van der Waals surface area contributed by atoms with E-state index in [-0.39, 0.29) is 12.0 Å². The van der Waals surface area contributed by atoms with Gasteiger partial charge in [0.2, 0.25) is 5.91 Å². The maximum absolute atomic E-state index is 11.3. The van der Waals surface area contributed by atoms with Gasteiger partial charge in [0.05, 0.1) is 12.7 Å². The minimum absolute atomic E-state index is 0.172. The zero-order valence-corrected chi connectivity index (χ0v) is 10.5. The Balaban J connectivity index is 2.03. The highest BCUT2D eigenvalue weighted by Gasteiger charge is 2.17. The lowest BCUT2D eigenvalue weighted by Crippen LogP contribution is -2.41. The molecular weight excluding hydrogens is 204 g/mol. The first-order valence-corrected chi connectivity index (χ1v) is 6.29. The summed E-state index contributed by atoms with van der Waals surface area (Å²) in [5, 5.41) is 2.94. The number of unbranched alkanes of at least 4 members (excludes halogenated alkanes) is 1. The second-order valence-corrected chi connectivity index (χ2v) is 4.50. The molecule has 0 radical (unpaired) electrons. The maximum atomic E-state index is 11.3. The summed E-state index contributed by atoms with van der Waals surface area (Å²) in [5.41, 5.74) is 0. The molecule has 0 aromatic rings. The van der Waals surface area contributed by atoms with Crippen molar-refractivity contribution in [3.05, 3.63) is 0 Å². The van der Waals surface area contributed by atoms with E-state index < -0.39 is 0 Å². The highest BCUT2D eigenvalue weighted by molar-refractivity contribution is 5.75. The molecule has 1 unspecified atom stereocenters. The van der Waals surface area contributed by atoms with Gasteiger partial charge in [0, 0.05) is 26.1 Å². The first-order chi connectivity index (χ1) is 7.72. The van der Waals surface area contributed by atoms with Gasteiger partial charge in [-0.3, -0.25) is 4.79 Å². The molecule has 0 bridgehead atoms. The Hall–Kier alpha value is -0.610. The predicted molar refractivity (Wildman–Crippen MR) is 64.4 cm³/mol. The number of hydrogen-bond donors (Lipinski definition) is 1. The molecule has 4 heteroatoms. The van der Waals surface area contributed by atoms with Crippen molar-refractivity contribution in [1.82, 2.24) is 10.2 Å². The Bertz CT molecular complexity index is 209. The maximum Gasteiger partial charge on any atom is 0.219 e. The molecule has 4 nitrogen and oxygen atoms in total. The number of nitrogens with zero attached hydrogens (tertiary/aromatic N) is 1. The average molecular weight is 228 g/mol. The van der Waals surface area contributed by atoms with Gasteiger partial charge in [0.25, 0.3) is 0 Å². The second kappa shape index (κ2) is 7.63. The molecule has 1 saturated heterocycles. The van der Waals surface area contributed by atoms with Gasteiger partial charge in [0.15, 0.2) is 0 Å². The van der Waals surface area contributed by atoms with Crippen LogP contribution in [0.25, 0.3) is 0 Å². The zero-order chi connectivity index (χ0) is 11.8. The lowest BCUT2D eigenvalue weighted by atomic mass is 10.2. The average Bonchev–Trinajstić information content (AvgIpc) is 2.26. The van der Waals surface area contributed by atoms with Crippen LogP contribution in [0.1, 0.15) is 32.6 Å². The van der Waals surface area contributed by atoms with Crippen LogP contribution in [0, 0.1) is 0 Å². The number of likely N-dealkylation sites (N-methyl/N-ethyl adjacent to an activating group) is 1. The van der Waals surface area contributed by atoms with Gasteiger partial charge in [-0.05, 0) is 19.9 Å². The van der Waals surface area contributed by atoms with Crippen LogP contribution in [0.2, 0.25) is 0 Å². The Labute approximate surface area is 98.3 Å². The Morgan fingerprint density at radius 1 is 1.56 bits per heavy atom. The third-order valence-corrected chi connectivity index (χ3v) is 2.89. The number of hydrogen-bond acceptors (Lipinski definition) is 3. The molecule has 0 aromatic heterocycles. The molecule has 1 N–H and O–H groups in total. The normalized spacial score (nSPS) is 22.0. The molecule has 1 atom stereocenters. The van der Waals surface area contributed by atoms with Gasteiger partial charge >= 0.3 is 0 Å². The quantitative estimate of drug-likeness (QED) is 0.738. The minimum Gasteiger partial charge on any atom is -0.375 e. The molecule has 0 spiro atoms. The molecule has 0 saturated carbocycles. The van der Waals surface area contributed by atoms with Crippen molar-refractivity contribution >= 4 is 5.91 Å². The molecule has 1 aliphatic rings. The summed E-state index contributed by atoms with van der Waals surface area (Å²) in [6.45, 7) is 5.63. The monoisotopic (exact) mass is 228 g/mol. The summed E-state index contributed by atoms with van der Waals surface area (Å²) in [6, 6.07) is 0. The van der Waals surface area contributed by atoms with Crippen LogP contribution in [0.5, 0.6) is 0 Å². The number of carbonyl (C=O) groups is 1. The number of carbonyl (C=O) groups excluding carboxylic acids is 1. The molecule has 1 aliphatic heterocycles. The number of nitrogens with one attached hydrogen (secondary N) is 1. The van der Waals surface area contributed by atoms with E-state index in [1.807, 2.05) is 0 Å². The number of amides is 1. The van der Waals surface area contributed by atoms with Crippen LogP contribution in [0.3, 0.4) is 0 Å². The SMILES string of the molecule is CCCCC(=O)NCCC1CN(C)CCO1. The molecule has 1 fully saturated rings. The Morgan fingerprint density at radius 2 is 2.38 bits per heavy atom. The van der Waals surface area contributed by atoms with Crippen LogP contribution >= 0.6 is 0 Å². The van der Waals surface area contributed by atoms with E-state index >= 15 is 0 Å². The number of rotatable bonds is 6. The first-order valence-electron chi connectivity index (χ1n) is 6.29. The van der Waals surface area contributed by atoms with E-state index in [9.17, 15) is 4.79 Å². The lowest BCUT2D eigenvalue weighted by molar-refractivity contribution is -0.121. The van der Waals surface area contributed by atoms with E-state index in [1.165, 1.54) is 0 Å². The lowest BCUT2D eigenvalue weighted by Gasteiger charge is -2.30. The minimum atomic E-state index is 0.172. The van der Waals surface area contributed by atoms with Gasteiger partial charge in [-0.15, -0.1) is 0 Å². The van der Waals surface area contributed by atoms with E-state index in [4.69, 9.17) is 4.74 Å². The Kier molecular flexibility index (Phi) is 6.42. The van der Waals surface area contributed by atoms with Crippen molar-refractivity contribution in [2.45, 2.75) is 38.7 Å². The molecule has 1 amide bonds. The van der Waals surface area contributed by atoms with Crippen LogP contribution in [0.15, 0.2) is 0 Å². The fourth-order valence-corrected chi connectivity index (χ4v) is 1.84. The Morgan fingerprint density at radius 3 is 3.06 bits per heavy atom. The molecule has 1 rings (SSSR count). The second-order valence-electron chi connectivity index (χ2n) is 4.50. The van der Waals surface area contributed by atoms with Crippen molar-refractivity contribution in [3.63, 3.8) is 0 Å². The number of ether oxygens (including phenoxy) is 1. The van der Waals surface area contributed by atoms with Gasteiger partial charge < -0.3 is 15.0 Å². The third-order valence-electron chi connectivity index (χ3n) is 2.89. The molecule has 94 valence electrons. The van der Waals surface area contributed by atoms with Gasteiger partial charge in [-0.1, -0.05) is 13.3 Å². The van der Waals surface area contributed by atoms with Gasteiger partial charge in [0.1, 0.15) is 0 Å². The number of morpholine rings is 1. The van der Waals surface area contributed by atoms with E-state index in [1.54, 1.807) is 0 Å². The van der Waals surface area contributed by atoms with Crippen molar-refractivity contribution in [2.24, 2.45) is 0 Å². The summed E-state index contributed by atoms with van der Waals surface area (Å²) in [5.74, 6) is 0.172. The summed E-state index contributed by atoms with van der Waals surface area (Å²) < 4.78 is 5.62. The standard InChI is InChI=1S/C12H24N2O2/c1-3-4-5-12(15)13-7-6-11-10-14(2)8-9-16-11/h11H,3-10H2,1-2H3,(H,13,15). The fraction of sp³-hybridized carbons (Fsp3) is 0.917. The summed E-state index contributed by atoms with van der Waals surface area (Å²) in [7, 11) is 2.11. The van der Waals surface area contributed by atoms with E-state index in [0.29, 0.717) is 6.42 Å². The summed E-state index contributed by atoms with van der Waals surface area (Å²) >= 11 is 0. The van der Waals surface area contributed by atoms with Crippen LogP contribution in [-0.4, -0.2) is 50.2 Å². The topological polar surface area (TPSA) is 41.6 Å². The van der Waals surface area contributed by atoms with Gasteiger partial charge in [-0.25, -0.2) is 0 Å². The fourth-order valence-electron chi connectivity index (χ4n) is 1.84. The van der Waals surface area contributed by atoms with Crippen molar-refractivity contribution < 1.29 is 9.53 Å². The van der Waals surface area contributed by atoms with Gasteiger partial charge in [-0.2, -0.15) is 0 Å². The smallest absolute Gasteiger partial charge is 0.219 e. The largest absolute Gasteiger partial charge is 0.375 e. The van der Waals surface area contributed by atoms with Crippen LogP contribution in [0.4, 0.5) is 0 Å². The highest BCUT2D eigenvalue weighted by atomic mass is 16.5. The van der Waals surface area contributed by atoms with Crippen molar-refractivity contribution in [3.8, 4) is 0 Å². The highest BCUT2D eigenvalue weighted by Crippen LogP contribution is 2.05. The summed E-state index contributed by atoms with van der Waals surface area (Å²) in [6.07, 6.45) is 3.91. The van der Waals surface area contributed by atoms with E-state index in [0.717, 1.165) is 45.5 Å². The molecule has 0 aromatic carbocycles. The van der Waals surface area contributed by atoms with Crippen LogP contribution in [-0.2, 0) is 9.53 Å². The molecule has 16 heavy (non-hydrogen) atoms. The predicted octanol–water partition coefficient (Wildman–Crippen LogP) is 1.01. The first kappa shape index (κ1) is 13.5. The molecular formula is C12H24N2O2.